The van der Waals surface area contributed by atoms with Gasteiger partial charge in [0.15, 0.2) is 5.78 Å². The zero-order chi connectivity index (χ0) is 86.3. The molecule has 0 atom stereocenters. The van der Waals surface area contributed by atoms with Crippen molar-refractivity contribution in [2.75, 3.05) is 55.1 Å². The lowest BCUT2D eigenvalue weighted by atomic mass is 10.00. The number of pyridine rings is 3. The average molecular weight is 1640 g/mol. The number of ether oxygens (including phenoxy) is 4. The summed E-state index contributed by atoms with van der Waals surface area (Å²) in [5.74, 6) is -1.06. The number of aromatic amines is 4. The summed E-state index contributed by atoms with van der Waals surface area (Å²) >= 11 is 0. The number of aromatic nitrogens is 11. The number of amides is 4. The Balaban J connectivity index is 0.000000140. The molecule has 4 amide bonds. The maximum atomic E-state index is 14.0. The quantitative estimate of drug-likeness (QED) is 0.0322. The summed E-state index contributed by atoms with van der Waals surface area (Å²) in [6.07, 6.45) is 13.5. The van der Waals surface area contributed by atoms with E-state index in [-0.39, 0.29) is 70.4 Å². The molecular formula is C92H81F4N17O9. The molecule has 616 valence electrons. The van der Waals surface area contributed by atoms with Crippen molar-refractivity contribution in [3.05, 3.63) is 292 Å². The van der Waals surface area contributed by atoms with Crippen LogP contribution in [0.15, 0.2) is 207 Å². The van der Waals surface area contributed by atoms with Gasteiger partial charge in [-0.25, -0.2) is 22.5 Å². The molecule has 16 rings (SSSR count). The Morgan fingerprint density at radius 2 is 0.910 bits per heavy atom. The van der Waals surface area contributed by atoms with Crippen LogP contribution in [0.2, 0.25) is 0 Å². The first-order valence-electron chi connectivity index (χ1n) is 38.7. The largest absolute Gasteiger partial charge is 0.493 e. The van der Waals surface area contributed by atoms with Crippen molar-refractivity contribution in [3.8, 4) is 68.8 Å². The molecule has 1 saturated carbocycles. The van der Waals surface area contributed by atoms with Crippen LogP contribution in [-0.2, 0) is 26.2 Å². The van der Waals surface area contributed by atoms with Crippen LogP contribution in [0.4, 0.5) is 17.6 Å². The molecule has 26 nitrogen and oxygen atoms in total. The van der Waals surface area contributed by atoms with Crippen LogP contribution in [0.25, 0.3) is 77.1 Å². The molecule has 0 saturated heterocycles. The van der Waals surface area contributed by atoms with E-state index in [0.717, 1.165) is 74.4 Å². The number of methoxy groups -OCH3 is 1. The summed E-state index contributed by atoms with van der Waals surface area (Å²) in [6.45, 7) is 8.01. The summed E-state index contributed by atoms with van der Waals surface area (Å²) < 4.78 is 77.9. The lowest BCUT2D eigenvalue weighted by Gasteiger charge is -2.19. The molecule has 0 radical (unpaired) electrons. The van der Waals surface area contributed by atoms with Gasteiger partial charge in [-0.2, -0.15) is 30.9 Å². The van der Waals surface area contributed by atoms with Gasteiger partial charge in [-0.05, 0) is 171 Å². The number of carbonyl (C=O) groups excluding carboxylic acids is 5. The predicted octanol–water partition coefficient (Wildman–Crippen LogP) is 16.6. The van der Waals surface area contributed by atoms with E-state index in [0.29, 0.717) is 129 Å². The molecule has 0 spiro atoms. The number of benzene rings is 8. The van der Waals surface area contributed by atoms with Crippen LogP contribution in [0.3, 0.4) is 0 Å². The SMILES string of the molecule is CCOc1cc(C(=O)N(C)Cc2cc(F)cc3cn[nH]c23)ccc1-c1cc(F)cc(C#N)c1.CCOc1cc(C(=O)N(C)Cc2cccc3cn[nH]c23)ccc1C(=O)C1CC1.CCOc1cc(C(=O)N(C)Cc2cncc3cn[nH]c23)cnc1-c1cccc(F)c1.COc1nc(C(=O)N(C)Cc2cccc3cn[nH]c23)ccc1-c1cc(F)cc(C#N)c1. The Kier molecular flexibility index (Phi) is 26.5. The first-order valence-corrected chi connectivity index (χ1v) is 38.7. The average Bonchev–Trinajstić information content (AvgIpc) is 0.854. The van der Waals surface area contributed by atoms with Gasteiger partial charge in [0.05, 0.1) is 108 Å². The topological polar surface area (TPSA) is 336 Å². The van der Waals surface area contributed by atoms with Crippen molar-refractivity contribution in [3.63, 3.8) is 0 Å². The van der Waals surface area contributed by atoms with Crippen LogP contribution >= 0.6 is 0 Å². The molecular weight excluding hydrogens is 1560 g/mol. The third-order valence-electron chi connectivity index (χ3n) is 19.9. The fourth-order valence-corrected chi connectivity index (χ4v) is 13.9. The molecule has 30 heteroatoms. The summed E-state index contributed by atoms with van der Waals surface area (Å²) in [7, 11) is 8.20. The number of nitrogens with zero attached hydrogens (tertiary/aromatic N) is 13. The Morgan fingerprint density at radius 1 is 0.434 bits per heavy atom. The van der Waals surface area contributed by atoms with Gasteiger partial charge >= 0.3 is 0 Å². The summed E-state index contributed by atoms with van der Waals surface area (Å²) in [5.41, 5.74) is 12.1. The highest BCUT2D eigenvalue weighted by Gasteiger charge is 2.33. The number of hydrogen-bond acceptors (Lipinski definition) is 18. The number of carbonyl (C=O) groups is 5. The summed E-state index contributed by atoms with van der Waals surface area (Å²) in [4.78, 5) is 83.7. The zero-order valence-electron chi connectivity index (χ0n) is 67.6. The minimum absolute atomic E-state index is 0.110. The van der Waals surface area contributed by atoms with Crippen molar-refractivity contribution in [2.45, 2.75) is 59.8 Å². The molecule has 7 heterocycles. The molecule has 1 fully saturated rings. The fraction of sp³-hybridized carbons (Fsp3) is 0.196. The molecule has 7 aromatic heterocycles. The fourth-order valence-electron chi connectivity index (χ4n) is 13.9. The lowest BCUT2D eigenvalue weighted by molar-refractivity contribution is 0.0773. The van der Waals surface area contributed by atoms with Gasteiger partial charge in [-0.3, -0.25) is 54.3 Å². The normalized spacial score (nSPS) is 11.4. The third kappa shape index (κ3) is 19.7. The maximum Gasteiger partial charge on any atom is 0.272 e. The van der Waals surface area contributed by atoms with E-state index in [4.69, 9.17) is 29.5 Å². The van der Waals surface area contributed by atoms with Gasteiger partial charge in [0.2, 0.25) is 5.88 Å². The second kappa shape index (κ2) is 38.3. The number of ketones is 1. The van der Waals surface area contributed by atoms with Crippen molar-refractivity contribution in [1.29, 1.82) is 10.5 Å². The van der Waals surface area contributed by atoms with Crippen molar-refractivity contribution in [2.24, 2.45) is 5.92 Å². The lowest BCUT2D eigenvalue weighted by Crippen LogP contribution is -2.27. The summed E-state index contributed by atoms with van der Waals surface area (Å²) in [5, 5.41) is 49.5. The highest BCUT2D eigenvalue weighted by atomic mass is 19.1. The van der Waals surface area contributed by atoms with Gasteiger partial charge < -0.3 is 38.5 Å². The molecule has 0 aliphatic heterocycles. The van der Waals surface area contributed by atoms with Crippen LogP contribution in [0, 0.1) is 51.8 Å². The zero-order valence-corrected chi connectivity index (χ0v) is 67.6. The molecule has 0 bridgehead atoms. The number of nitriles is 2. The van der Waals surface area contributed by atoms with Gasteiger partial charge in [-0.1, -0.05) is 48.5 Å². The molecule has 0 unspecified atom stereocenters. The monoisotopic (exact) mass is 1640 g/mol. The van der Waals surface area contributed by atoms with Crippen LogP contribution in [0.5, 0.6) is 23.1 Å². The Labute approximate surface area is 697 Å². The van der Waals surface area contributed by atoms with E-state index in [1.54, 1.807) is 160 Å². The van der Waals surface area contributed by atoms with Gasteiger partial charge in [-0.15, -0.1) is 0 Å². The second-order valence-corrected chi connectivity index (χ2v) is 28.6. The first-order chi connectivity index (χ1) is 59.0. The van der Waals surface area contributed by atoms with E-state index in [9.17, 15) is 41.5 Å². The minimum atomic E-state index is -0.538. The molecule has 15 aromatic rings. The van der Waals surface area contributed by atoms with Crippen LogP contribution in [-0.4, -0.2) is 160 Å². The standard InChI is InChI=1S/C25H20F2N4O2.C23H18FN5O2.C22H20FN5O2.C22H23N3O3/c1-3-33-23-11-16(4-5-22(23)17-6-15(12-28)7-20(26)8-17)25(32)31(2)14-19-10-21(27)9-18-13-29-30-24(18)19;1-29(13-16-5-3-4-15-12-26-28-21(15)16)23(30)20-7-6-19(22(27-20)31-2)17-8-14(11-25)9-18(24)10-17;1-3-30-19-8-15(11-25-21(19)14-5-4-6-18(23)7-14)22(29)28(2)13-17-10-24-9-16-12-26-27-20(16)17;1-3-28-19-11-15(9-10-18(19)21(26)14-7-8-14)22(27)25(2)13-17-6-4-5-16-12-23-24-20(16)17/h4-11,13H,3,14H2,1-2H3,(H,29,30);3-10,12H,13H2,1-2H3,(H,26,28);4-12H,3,13H2,1-2H3,(H,26,27);4-6,9-12,14H,3,7-8,13H2,1-2H3,(H,23,24). The van der Waals surface area contributed by atoms with E-state index < -0.39 is 17.5 Å². The maximum absolute atomic E-state index is 14.0. The molecule has 8 aromatic carbocycles. The van der Waals surface area contributed by atoms with E-state index in [2.05, 4.69) is 55.7 Å². The molecule has 1 aliphatic rings. The summed E-state index contributed by atoms with van der Waals surface area (Å²) in [6, 6.07) is 47.3. The Bertz CT molecular complexity index is 6510. The number of Topliss-reactive ketones (excluding diaryl/α,β-unsaturated/α-hetero) is 1. The molecule has 1 aliphatic carbocycles. The van der Waals surface area contributed by atoms with Crippen molar-refractivity contribution >= 4 is 73.0 Å². The number of fused-ring (bicyclic) bond motifs is 4. The minimum Gasteiger partial charge on any atom is -0.493 e. The second-order valence-electron chi connectivity index (χ2n) is 28.6. The number of halogens is 4. The third-order valence-corrected chi connectivity index (χ3v) is 19.9. The number of hydrogen-bond donors (Lipinski definition) is 4. The van der Waals surface area contributed by atoms with Gasteiger partial charge in [0.25, 0.3) is 23.6 Å². The van der Waals surface area contributed by atoms with Crippen molar-refractivity contribution in [1.82, 2.24) is 75.3 Å². The predicted molar refractivity (Wildman–Crippen MR) is 449 cm³/mol. The van der Waals surface area contributed by atoms with Crippen molar-refractivity contribution < 1.29 is 60.5 Å². The number of para-hydroxylation sites is 2. The van der Waals surface area contributed by atoms with Crippen LogP contribution < -0.4 is 18.9 Å². The number of rotatable bonds is 24. The van der Waals surface area contributed by atoms with E-state index in [1.165, 1.54) is 60.8 Å². The van der Waals surface area contributed by atoms with Crippen LogP contribution in [0.1, 0.15) is 119 Å². The smallest absolute Gasteiger partial charge is 0.272 e. The number of H-pyrrole nitrogens is 4. The van der Waals surface area contributed by atoms with E-state index in [1.807, 2.05) is 62.4 Å². The highest BCUT2D eigenvalue weighted by Crippen LogP contribution is 2.38. The van der Waals surface area contributed by atoms with Gasteiger partial charge in [0, 0.05) is 139 Å². The van der Waals surface area contributed by atoms with Gasteiger partial charge in [0.1, 0.15) is 51.9 Å². The Morgan fingerprint density at radius 3 is 1.49 bits per heavy atom. The molecule has 4 N–H and O–H groups in total. The highest BCUT2D eigenvalue weighted by molar-refractivity contribution is 6.04. The Hall–Kier alpha value is -15.5. The number of nitrogens with one attached hydrogen (secondary N) is 4. The first kappa shape index (κ1) is 84.5. The molecule has 122 heavy (non-hydrogen) atoms. The van der Waals surface area contributed by atoms with E-state index >= 15 is 0 Å².